The summed E-state index contributed by atoms with van der Waals surface area (Å²) in [5.74, 6) is -3.27. The molecule has 1 aromatic carbocycles. The van der Waals surface area contributed by atoms with E-state index in [0.29, 0.717) is 25.8 Å². The van der Waals surface area contributed by atoms with Gasteiger partial charge < -0.3 is 15.0 Å². The van der Waals surface area contributed by atoms with E-state index in [1.807, 2.05) is 6.92 Å². The number of hydrogen-bond acceptors (Lipinski definition) is 4. The Balaban J connectivity index is 1.72. The summed E-state index contributed by atoms with van der Waals surface area (Å²) in [6, 6.07) is 2.98. The van der Waals surface area contributed by atoms with Crippen LogP contribution in [0.5, 0.6) is 0 Å². The maximum atomic E-state index is 13.5. The van der Waals surface area contributed by atoms with Gasteiger partial charge in [0.1, 0.15) is 5.69 Å². The zero-order valence-electron chi connectivity index (χ0n) is 17.2. The molecule has 10 heteroatoms. The molecule has 1 saturated carbocycles. The monoisotopic (exact) mass is 454 g/mol. The Labute approximate surface area is 184 Å². The fraction of sp³-hybridized carbons (Fsp3) is 0.476. The number of aromatic nitrogens is 2. The predicted molar refractivity (Wildman–Crippen MR) is 112 cm³/mol. The second-order valence-electron chi connectivity index (χ2n) is 7.35. The summed E-state index contributed by atoms with van der Waals surface area (Å²) in [6.07, 6.45) is 5.18. The summed E-state index contributed by atoms with van der Waals surface area (Å²) in [6.45, 7) is 3.36. The summed E-state index contributed by atoms with van der Waals surface area (Å²) in [5, 5.41) is 8.80. The zero-order valence-corrected chi connectivity index (χ0v) is 18.0. The molecule has 1 fully saturated rings. The number of carbonyl (C=O) groups is 2. The Bertz CT molecular complexity index is 931. The minimum absolute atomic E-state index is 0.0718. The smallest absolute Gasteiger partial charge is 0.272 e. The fourth-order valence-electron chi connectivity index (χ4n) is 3.68. The number of aromatic amines is 1. The number of nitrogens with zero attached hydrogens (tertiary/aromatic N) is 2. The van der Waals surface area contributed by atoms with Gasteiger partial charge in [-0.3, -0.25) is 14.7 Å². The lowest BCUT2D eigenvalue weighted by atomic mass is 9.94. The standard InChI is InChI=1S/C21H25ClF2N4O3/c1-2-31-9-8-28(13-6-4-3-5-7-13)21(30)18-12-19(27-26-18)25-20(29)14-10-16(23)17(24)11-15(14)22/h10-13H,2-9H2,1H3,(H2,25,26,27,29). The highest BCUT2D eigenvalue weighted by atomic mass is 35.5. The van der Waals surface area contributed by atoms with Gasteiger partial charge in [0, 0.05) is 25.3 Å². The molecule has 31 heavy (non-hydrogen) atoms. The van der Waals surface area contributed by atoms with Crippen molar-refractivity contribution in [1.29, 1.82) is 0 Å². The Morgan fingerprint density at radius 3 is 2.65 bits per heavy atom. The van der Waals surface area contributed by atoms with Crippen LogP contribution in [0, 0.1) is 11.6 Å². The van der Waals surface area contributed by atoms with Gasteiger partial charge in [0.25, 0.3) is 11.8 Å². The van der Waals surface area contributed by atoms with Crippen LogP contribution in [-0.2, 0) is 4.74 Å². The number of H-pyrrole nitrogens is 1. The van der Waals surface area contributed by atoms with Gasteiger partial charge in [0.05, 0.1) is 17.2 Å². The van der Waals surface area contributed by atoms with Crippen molar-refractivity contribution in [3.8, 4) is 0 Å². The molecule has 0 unspecified atom stereocenters. The zero-order chi connectivity index (χ0) is 22.4. The molecule has 0 radical (unpaired) electrons. The van der Waals surface area contributed by atoms with Crippen molar-refractivity contribution in [2.75, 3.05) is 25.1 Å². The van der Waals surface area contributed by atoms with E-state index in [0.717, 1.165) is 38.2 Å². The topological polar surface area (TPSA) is 87.3 Å². The largest absolute Gasteiger partial charge is 0.380 e. The van der Waals surface area contributed by atoms with Crippen molar-refractivity contribution in [1.82, 2.24) is 15.1 Å². The summed E-state index contributed by atoms with van der Waals surface area (Å²) < 4.78 is 32.1. The molecule has 7 nitrogen and oxygen atoms in total. The van der Waals surface area contributed by atoms with Gasteiger partial charge >= 0.3 is 0 Å². The lowest BCUT2D eigenvalue weighted by Gasteiger charge is -2.34. The molecule has 2 N–H and O–H groups in total. The van der Waals surface area contributed by atoms with Crippen LogP contribution in [0.1, 0.15) is 59.9 Å². The summed E-state index contributed by atoms with van der Waals surface area (Å²) in [7, 11) is 0. The molecular formula is C21H25ClF2N4O3. The Hall–Kier alpha value is -2.52. The average molecular weight is 455 g/mol. The molecule has 1 aromatic heterocycles. The van der Waals surface area contributed by atoms with Crippen molar-refractivity contribution < 1.29 is 23.1 Å². The van der Waals surface area contributed by atoms with Gasteiger partial charge in [-0.2, -0.15) is 5.10 Å². The molecule has 0 bridgehead atoms. The van der Waals surface area contributed by atoms with Gasteiger partial charge in [-0.15, -0.1) is 0 Å². The van der Waals surface area contributed by atoms with E-state index >= 15 is 0 Å². The molecular weight excluding hydrogens is 430 g/mol. The molecule has 2 aromatic rings. The van der Waals surface area contributed by atoms with Crippen molar-refractivity contribution in [3.05, 3.63) is 46.1 Å². The maximum Gasteiger partial charge on any atom is 0.272 e. The number of ether oxygens (including phenoxy) is 1. The average Bonchev–Trinajstić information content (AvgIpc) is 3.22. The van der Waals surface area contributed by atoms with Crippen LogP contribution in [0.3, 0.4) is 0 Å². The number of anilines is 1. The van der Waals surface area contributed by atoms with E-state index in [-0.39, 0.29) is 34.0 Å². The van der Waals surface area contributed by atoms with E-state index in [1.165, 1.54) is 6.07 Å². The van der Waals surface area contributed by atoms with Gasteiger partial charge in [0.15, 0.2) is 17.5 Å². The highest BCUT2D eigenvalue weighted by molar-refractivity contribution is 6.34. The Morgan fingerprint density at radius 2 is 1.94 bits per heavy atom. The lowest BCUT2D eigenvalue weighted by Crippen LogP contribution is -2.43. The molecule has 0 saturated heterocycles. The first-order chi connectivity index (χ1) is 14.9. The van der Waals surface area contributed by atoms with Gasteiger partial charge in [0.2, 0.25) is 0 Å². The third-order valence-electron chi connectivity index (χ3n) is 5.26. The highest BCUT2D eigenvalue weighted by Crippen LogP contribution is 2.25. The number of rotatable bonds is 8. The molecule has 1 heterocycles. The molecule has 0 atom stereocenters. The van der Waals surface area contributed by atoms with E-state index in [2.05, 4.69) is 15.5 Å². The van der Waals surface area contributed by atoms with Crippen molar-refractivity contribution in [3.63, 3.8) is 0 Å². The van der Waals surface area contributed by atoms with Crippen LogP contribution < -0.4 is 5.32 Å². The maximum absolute atomic E-state index is 13.5. The van der Waals surface area contributed by atoms with Crippen molar-refractivity contribution in [2.45, 2.75) is 45.1 Å². The number of benzene rings is 1. The second-order valence-corrected chi connectivity index (χ2v) is 7.76. The first-order valence-corrected chi connectivity index (χ1v) is 10.7. The van der Waals surface area contributed by atoms with E-state index < -0.39 is 17.5 Å². The van der Waals surface area contributed by atoms with E-state index in [4.69, 9.17) is 16.3 Å². The minimum Gasteiger partial charge on any atom is -0.380 e. The summed E-state index contributed by atoms with van der Waals surface area (Å²) in [5.41, 5.74) is -0.0225. The molecule has 1 aliphatic rings. The summed E-state index contributed by atoms with van der Waals surface area (Å²) >= 11 is 5.84. The number of amides is 2. The van der Waals surface area contributed by atoms with E-state index in [9.17, 15) is 18.4 Å². The predicted octanol–water partition coefficient (Wildman–Crippen LogP) is 4.41. The second kappa shape index (κ2) is 10.7. The van der Waals surface area contributed by atoms with Gasteiger partial charge in [-0.25, -0.2) is 8.78 Å². The normalized spacial score (nSPS) is 14.5. The molecule has 1 aliphatic carbocycles. The number of carbonyl (C=O) groups excluding carboxylic acids is 2. The molecule has 2 amide bonds. The quantitative estimate of drug-likeness (QED) is 0.457. The Morgan fingerprint density at radius 1 is 1.23 bits per heavy atom. The molecule has 0 aliphatic heterocycles. The third-order valence-corrected chi connectivity index (χ3v) is 5.57. The van der Waals surface area contributed by atoms with Crippen LogP contribution in [0.15, 0.2) is 18.2 Å². The first-order valence-electron chi connectivity index (χ1n) is 10.3. The van der Waals surface area contributed by atoms with Crippen LogP contribution in [0.2, 0.25) is 5.02 Å². The molecule has 168 valence electrons. The minimum atomic E-state index is -1.19. The van der Waals surface area contributed by atoms with Crippen LogP contribution in [-0.4, -0.2) is 52.7 Å². The SMILES string of the molecule is CCOCCN(C(=O)c1cc(NC(=O)c2cc(F)c(F)cc2Cl)n[nH]1)C1CCCCC1. The summed E-state index contributed by atoms with van der Waals surface area (Å²) in [4.78, 5) is 27.3. The third kappa shape index (κ3) is 5.80. The molecule has 3 rings (SSSR count). The fourth-order valence-corrected chi connectivity index (χ4v) is 3.92. The van der Waals surface area contributed by atoms with Crippen LogP contribution >= 0.6 is 11.6 Å². The van der Waals surface area contributed by atoms with Crippen LogP contribution in [0.4, 0.5) is 14.6 Å². The first kappa shape index (κ1) is 23.1. The van der Waals surface area contributed by atoms with Gasteiger partial charge in [-0.1, -0.05) is 30.9 Å². The van der Waals surface area contributed by atoms with Crippen molar-refractivity contribution in [2.24, 2.45) is 0 Å². The van der Waals surface area contributed by atoms with Crippen molar-refractivity contribution >= 4 is 29.2 Å². The number of nitrogens with one attached hydrogen (secondary N) is 2. The van der Waals surface area contributed by atoms with Gasteiger partial charge in [-0.05, 0) is 31.9 Å². The molecule has 0 spiro atoms. The number of hydrogen-bond donors (Lipinski definition) is 2. The number of halogens is 3. The highest BCUT2D eigenvalue weighted by Gasteiger charge is 2.27. The lowest BCUT2D eigenvalue weighted by molar-refractivity contribution is 0.0502. The van der Waals surface area contributed by atoms with E-state index in [1.54, 1.807) is 4.90 Å². The Kier molecular flexibility index (Phi) is 7.97. The van der Waals surface area contributed by atoms with Crippen LogP contribution in [0.25, 0.3) is 0 Å².